The highest BCUT2D eigenvalue weighted by atomic mass is 16.6. The maximum Gasteiger partial charge on any atom is 0.408 e. The Hall–Kier alpha value is -3.36. The first-order valence-electron chi connectivity index (χ1n) is 8.23. The van der Waals surface area contributed by atoms with Crippen molar-refractivity contribution in [3.8, 4) is 0 Å². The zero-order valence-electron chi connectivity index (χ0n) is 15.6. The molecule has 0 aliphatic carbocycles. The third-order valence-electron chi connectivity index (χ3n) is 3.21. The Bertz CT molecular complexity index is 821. The van der Waals surface area contributed by atoms with Crippen LogP contribution in [0.3, 0.4) is 0 Å². The third-order valence-corrected chi connectivity index (χ3v) is 3.21. The Morgan fingerprint density at radius 1 is 1.07 bits per heavy atom. The smallest absolute Gasteiger partial charge is 0.408 e. The molecule has 1 aromatic heterocycles. The molecular weight excluding hydrogens is 352 g/mol. The summed E-state index contributed by atoms with van der Waals surface area (Å²) in [5.74, 6) is -0.321. The molecule has 0 saturated carbocycles. The van der Waals surface area contributed by atoms with Gasteiger partial charge < -0.3 is 25.2 Å². The normalized spacial score (nSPS) is 10.8. The van der Waals surface area contributed by atoms with Crippen molar-refractivity contribution in [2.45, 2.75) is 33.3 Å². The van der Waals surface area contributed by atoms with Crippen molar-refractivity contribution in [1.82, 2.24) is 10.5 Å². The number of benzene rings is 1. The maximum absolute atomic E-state index is 12.1. The Kier molecular flexibility index (Phi) is 6.17. The summed E-state index contributed by atoms with van der Waals surface area (Å²) in [4.78, 5) is 35.5. The van der Waals surface area contributed by atoms with Gasteiger partial charge in [0.2, 0.25) is 5.91 Å². The summed E-state index contributed by atoms with van der Waals surface area (Å²) in [6.07, 6.45) is 0.677. The van der Waals surface area contributed by atoms with Crippen LogP contribution in [0.4, 0.5) is 16.2 Å². The van der Waals surface area contributed by atoms with Gasteiger partial charge in [0.15, 0.2) is 0 Å². The van der Waals surface area contributed by atoms with E-state index in [0.29, 0.717) is 22.7 Å². The number of carbonyl (C=O) groups is 3. The van der Waals surface area contributed by atoms with E-state index >= 15 is 0 Å². The number of nitrogens with one attached hydrogen (secondary N) is 3. The summed E-state index contributed by atoms with van der Waals surface area (Å²) >= 11 is 0. The van der Waals surface area contributed by atoms with Gasteiger partial charge in [-0.15, -0.1) is 0 Å². The monoisotopic (exact) mass is 374 g/mol. The van der Waals surface area contributed by atoms with Gasteiger partial charge >= 0.3 is 6.09 Å². The Morgan fingerprint density at radius 3 is 2.19 bits per heavy atom. The van der Waals surface area contributed by atoms with Crippen LogP contribution in [0.25, 0.3) is 0 Å². The minimum absolute atomic E-state index is 0.222. The lowest BCUT2D eigenvalue weighted by atomic mass is 10.2. The molecule has 0 spiro atoms. The number of aryl methyl sites for hydroxylation is 1. The van der Waals surface area contributed by atoms with Crippen LogP contribution in [0.15, 0.2) is 35.0 Å². The first-order chi connectivity index (χ1) is 12.6. The van der Waals surface area contributed by atoms with Crippen molar-refractivity contribution < 1.29 is 23.6 Å². The van der Waals surface area contributed by atoms with Crippen LogP contribution in [0, 0.1) is 6.92 Å². The van der Waals surface area contributed by atoms with Crippen molar-refractivity contribution in [2.75, 3.05) is 17.2 Å². The maximum atomic E-state index is 12.1. The van der Waals surface area contributed by atoms with E-state index in [1.807, 2.05) is 0 Å². The first-order valence-corrected chi connectivity index (χ1v) is 8.23. The quantitative estimate of drug-likeness (QED) is 0.739. The van der Waals surface area contributed by atoms with E-state index in [9.17, 15) is 14.4 Å². The van der Waals surface area contributed by atoms with Gasteiger partial charge in [0, 0.05) is 11.4 Å². The number of aromatic nitrogens is 1. The lowest BCUT2D eigenvalue weighted by Gasteiger charge is -2.19. The van der Waals surface area contributed by atoms with Gasteiger partial charge in [-0.25, -0.2) is 4.79 Å². The van der Waals surface area contributed by atoms with Crippen LogP contribution >= 0.6 is 0 Å². The summed E-state index contributed by atoms with van der Waals surface area (Å²) in [7, 11) is 0. The average molecular weight is 374 g/mol. The third kappa shape index (κ3) is 6.46. The molecule has 9 heteroatoms. The van der Waals surface area contributed by atoms with E-state index in [1.165, 1.54) is 6.20 Å². The highest BCUT2D eigenvalue weighted by molar-refractivity contribution is 6.04. The van der Waals surface area contributed by atoms with E-state index in [0.717, 1.165) is 0 Å². The van der Waals surface area contributed by atoms with Crippen molar-refractivity contribution >= 4 is 29.3 Å². The standard InChI is InChI=1S/C18H22N4O5/c1-11-14(9-20-27-11)16(24)22-13-7-5-12(6-8-13)21-15(23)10-19-17(25)26-18(2,3)4/h5-9H,10H2,1-4H3,(H,19,25)(H,21,23)(H,22,24). The summed E-state index contributed by atoms with van der Waals surface area (Å²) in [6, 6.07) is 6.53. The van der Waals surface area contributed by atoms with Gasteiger partial charge in [-0.2, -0.15) is 0 Å². The van der Waals surface area contributed by atoms with Crippen molar-refractivity contribution in [3.05, 3.63) is 41.8 Å². The first kappa shape index (κ1) is 20.0. The summed E-state index contributed by atoms with van der Waals surface area (Å²) < 4.78 is 9.90. The van der Waals surface area contributed by atoms with Gasteiger partial charge in [0.05, 0.1) is 6.20 Å². The molecule has 144 valence electrons. The van der Waals surface area contributed by atoms with Crippen LogP contribution in [0.1, 0.15) is 36.9 Å². The molecule has 3 N–H and O–H groups in total. The molecule has 0 atom stereocenters. The lowest BCUT2D eigenvalue weighted by Crippen LogP contribution is -2.37. The molecule has 1 heterocycles. The van der Waals surface area contributed by atoms with Crippen LogP contribution in [-0.4, -0.2) is 35.2 Å². The molecule has 0 unspecified atom stereocenters. The summed E-state index contributed by atoms with van der Waals surface area (Å²) in [6.45, 7) is 6.62. The molecule has 0 radical (unpaired) electrons. The Labute approximate surface area is 156 Å². The molecule has 0 saturated heterocycles. The van der Waals surface area contributed by atoms with Crippen LogP contribution < -0.4 is 16.0 Å². The molecule has 2 rings (SSSR count). The number of alkyl carbamates (subject to hydrolysis) is 1. The van der Waals surface area contributed by atoms with E-state index in [4.69, 9.17) is 9.26 Å². The fourth-order valence-corrected chi connectivity index (χ4v) is 2.02. The minimum Gasteiger partial charge on any atom is -0.444 e. The number of nitrogens with zero attached hydrogens (tertiary/aromatic N) is 1. The second-order valence-corrected chi connectivity index (χ2v) is 6.73. The molecule has 0 aliphatic heterocycles. The fraction of sp³-hybridized carbons (Fsp3) is 0.333. The molecular formula is C18H22N4O5. The molecule has 0 bridgehead atoms. The number of hydrogen-bond donors (Lipinski definition) is 3. The highest BCUT2D eigenvalue weighted by Crippen LogP contribution is 2.15. The molecule has 27 heavy (non-hydrogen) atoms. The molecule has 0 fully saturated rings. The van der Waals surface area contributed by atoms with Crippen LogP contribution in [-0.2, 0) is 9.53 Å². The number of ether oxygens (including phenoxy) is 1. The summed E-state index contributed by atoms with van der Waals surface area (Å²) in [5, 5.41) is 11.3. The SMILES string of the molecule is Cc1oncc1C(=O)Nc1ccc(NC(=O)CNC(=O)OC(C)(C)C)cc1. The highest BCUT2D eigenvalue weighted by Gasteiger charge is 2.17. The molecule has 1 aromatic carbocycles. The van der Waals surface area contributed by atoms with Crippen molar-refractivity contribution in [3.63, 3.8) is 0 Å². The Balaban J connectivity index is 1.83. The van der Waals surface area contributed by atoms with Gasteiger partial charge in [-0.3, -0.25) is 9.59 Å². The van der Waals surface area contributed by atoms with E-state index in [-0.39, 0.29) is 12.5 Å². The molecule has 3 amide bonds. The zero-order valence-corrected chi connectivity index (χ0v) is 15.6. The number of hydrogen-bond acceptors (Lipinski definition) is 6. The predicted molar refractivity (Wildman–Crippen MR) is 98.5 cm³/mol. The minimum atomic E-state index is -0.667. The second kappa shape index (κ2) is 8.35. The van der Waals surface area contributed by atoms with Crippen molar-refractivity contribution in [1.29, 1.82) is 0 Å². The lowest BCUT2D eigenvalue weighted by molar-refractivity contribution is -0.115. The van der Waals surface area contributed by atoms with Gasteiger partial charge in [-0.05, 0) is 52.0 Å². The predicted octanol–water partition coefficient (Wildman–Crippen LogP) is 2.70. The number of anilines is 2. The van der Waals surface area contributed by atoms with E-state index < -0.39 is 17.6 Å². The number of carbonyl (C=O) groups excluding carboxylic acids is 3. The topological polar surface area (TPSA) is 123 Å². The molecule has 0 aliphatic rings. The Morgan fingerprint density at radius 2 is 1.67 bits per heavy atom. The van der Waals surface area contributed by atoms with Crippen LogP contribution in [0.2, 0.25) is 0 Å². The largest absolute Gasteiger partial charge is 0.444 e. The van der Waals surface area contributed by atoms with Gasteiger partial charge in [-0.1, -0.05) is 5.16 Å². The molecule has 9 nitrogen and oxygen atoms in total. The van der Waals surface area contributed by atoms with E-state index in [1.54, 1.807) is 52.0 Å². The zero-order chi connectivity index (χ0) is 20.0. The second-order valence-electron chi connectivity index (χ2n) is 6.73. The number of amides is 3. The van der Waals surface area contributed by atoms with E-state index in [2.05, 4.69) is 21.1 Å². The van der Waals surface area contributed by atoms with Gasteiger partial charge in [0.1, 0.15) is 23.5 Å². The average Bonchev–Trinajstić information content (AvgIpc) is 2.99. The van der Waals surface area contributed by atoms with Crippen molar-refractivity contribution in [2.24, 2.45) is 0 Å². The fourth-order valence-electron chi connectivity index (χ4n) is 2.02. The van der Waals surface area contributed by atoms with Gasteiger partial charge in [0.25, 0.3) is 5.91 Å². The molecule has 2 aromatic rings. The number of rotatable bonds is 5. The van der Waals surface area contributed by atoms with Crippen LogP contribution in [0.5, 0.6) is 0 Å². The summed E-state index contributed by atoms with van der Waals surface area (Å²) in [5.41, 5.74) is 0.780.